The van der Waals surface area contributed by atoms with Gasteiger partial charge in [0.1, 0.15) is 18.8 Å². The van der Waals surface area contributed by atoms with Crippen molar-refractivity contribution in [3.05, 3.63) is 12.2 Å². The Labute approximate surface area is 131 Å². The van der Waals surface area contributed by atoms with Gasteiger partial charge < -0.3 is 18.9 Å². The number of carbonyl (C=O) groups is 2. The van der Waals surface area contributed by atoms with Crippen LogP contribution in [0, 0.1) is 0 Å². The van der Waals surface area contributed by atoms with Crippen LogP contribution in [0.5, 0.6) is 0 Å². The number of hydrogen-bond acceptors (Lipinski definition) is 6. The SMILES string of the molecule is CCCCCCO[C@@H]1C=C[C@H](OC(C)=O)[C@@H](COC(C)=O)O1. The van der Waals surface area contributed by atoms with Gasteiger partial charge in [0.2, 0.25) is 0 Å². The predicted molar refractivity (Wildman–Crippen MR) is 80.1 cm³/mol. The van der Waals surface area contributed by atoms with Crippen LogP contribution < -0.4 is 0 Å². The minimum Gasteiger partial charge on any atom is -0.463 e. The van der Waals surface area contributed by atoms with Gasteiger partial charge in [0.05, 0.1) is 6.61 Å². The summed E-state index contributed by atoms with van der Waals surface area (Å²) in [4.78, 5) is 22.0. The van der Waals surface area contributed by atoms with Crippen LogP contribution in [0.1, 0.15) is 46.5 Å². The number of carbonyl (C=O) groups excluding carboxylic acids is 2. The average Bonchev–Trinajstić information content (AvgIpc) is 2.46. The fourth-order valence-electron chi connectivity index (χ4n) is 2.08. The van der Waals surface area contributed by atoms with Crippen LogP contribution in [-0.4, -0.2) is 43.7 Å². The third kappa shape index (κ3) is 7.56. The summed E-state index contributed by atoms with van der Waals surface area (Å²) in [5.41, 5.74) is 0. The summed E-state index contributed by atoms with van der Waals surface area (Å²) < 4.78 is 21.4. The Balaban J connectivity index is 2.46. The van der Waals surface area contributed by atoms with Crippen LogP contribution in [0.2, 0.25) is 0 Å². The molecule has 1 aliphatic heterocycles. The molecule has 1 heterocycles. The largest absolute Gasteiger partial charge is 0.463 e. The van der Waals surface area contributed by atoms with E-state index >= 15 is 0 Å². The smallest absolute Gasteiger partial charge is 0.303 e. The molecule has 0 radical (unpaired) electrons. The van der Waals surface area contributed by atoms with Crippen molar-refractivity contribution in [1.29, 1.82) is 0 Å². The van der Waals surface area contributed by atoms with Crippen molar-refractivity contribution in [3.8, 4) is 0 Å². The molecule has 0 aliphatic carbocycles. The topological polar surface area (TPSA) is 71.1 Å². The van der Waals surface area contributed by atoms with Gasteiger partial charge >= 0.3 is 11.9 Å². The van der Waals surface area contributed by atoms with Gasteiger partial charge in [-0.15, -0.1) is 0 Å². The normalized spacial score (nSPS) is 24.0. The molecule has 0 amide bonds. The lowest BCUT2D eigenvalue weighted by molar-refractivity contribution is -0.197. The lowest BCUT2D eigenvalue weighted by Crippen LogP contribution is -2.42. The lowest BCUT2D eigenvalue weighted by atomic mass is 10.1. The highest BCUT2D eigenvalue weighted by atomic mass is 16.7. The zero-order valence-electron chi connectivity index (χ0n) is 13.6. The average molecular weight is 314 g/mol. The Morgan fingerprint density at radius 3 is 2.50 bits per heavy atom. The highest BCUT2D eigenvalue weighted by Crippen LogP contribution is 2.18. The minimum atomic E-state index is -0.572. The van der Waals surface area contributed by atoms with Gasteiger partial charge in [-0.25, -0.2) is 0 Å². The van der Waals surface area contributed by atoms with Crippen molar-refractivity contribution in [2.45, 2.75) is 65.0 Å². The summed E-state index contributed by atoms with van der Waals surface area (Å²) in [7, 11) is 0. The molecule has 126 valence electrons. The molecule has 0 unspecified atom stereocenters. The summed E-state index contributed by atoms with van der Waals surface area (Å²) in [5.74, 6) is -0.818. The van der Waals surface area contributed by atoms with E-state index in [0.29, 0.717) is 6.61 Å². The summed E-state index contributed by atoms with van der Waals surface area (Å²) in [6, 6.07) is 0. The molecule has 1 aliphatic rings. The molecule has 0 N–H and O–H groups in total. The molecule has 0 bridgehead atoms. The molecule has 0 aromatic carbocycles. The summed E-state index contributed by atoms with van der Waals surface area (Å²) in [5, 5.41) is 0. The van der Waals surface area contributed by atoms with Crippen LogP contribution in [-0.2, 0) is 28.5 Å². The molecule has 1 rings (SSSR count). The Bertz CT molecular complexity index is 379. The molecule has 3 atom stereocenters. The first kappa shape index (κ1) is 18.6. The molecule has 0 aromatic rings. The predicted octanol–water partition coefficient (Wildman–Crippen LogP) is 2.36. The van der Waals surface area contributed by atoms with Gasteiger partial charge in [0.25, 0.3) is 0 Å². The van der Waals surface area contributed by atoms with Crippen molar-refractivity contribution >= 4 is 11.9 Å². The third-order valence-electron chi connectivity index (χ3n) is 3.17. The van der Waals surface area contributed by atoms with Gasteiger partial charge in [-0.3, -0.25) is 9.59 Å². The number of unbranched alkanes of at least 4 members (excludes halogenated alkanes) is 3. The third-order valence-corrected chi connectivity index (χ3v) is 3.17. The maximum absolute atomic E-state index is 11.1. The van der Waals surface area contributed by atoms with E-state index in [9.17, 15) is 9.59 Å². The second-order valence-corrected chi connectivity index (χ2v) is 5.24. The second-order valence-electron chi connectivity index (χ2n) is 5.24. The zero-order valence-corrected chi connectivity index (χ0v) is 13.6. The van der Waals surface area contributed by atoms with E-state index in [-0.39, 0.29) is 6.61 Å². The van der Waals surface area contributed by atoms with Crippen LogP contribution in [0.25, 0.3) is 0 Å². The van der Waals surface area contributed by atoms with Crippen molar-refractivity contribution in [2.75, 3.05) is 13.2 Å². The van der Waals surface area contributed by atoms with E-state index in [1.165, 1.54) is 26.7 Å². The van der Waals surface area contributed by atoms with E-state index in [1.807, 2.05) is 0 Å². The summed E-state index contributed by atoms with van der Waals surface area (Å²) in [6.07, 6.45) is 6.27. The lowest BCUT2D eigenvalue weighted by Gasteiger charge is -2.31. The number of ether oxygens (including phenoxy) is 4. The van der Waals surface area contributed by atoms with Gasteiger partial charge in [0, 0.05) is 13.8 Å². The summed E-state index contributed by atoms with van der Waals surface area (Å²) in [6.45, 7) is 5.43. The van der Waals surface area contributed by atoms with Crippen molar-refractivity contribution < 1.29 is 28.5 Å². The Kier molecular flexibility index (Phi) is 8.77. The van der Waals surface area contributed by atoms with Crippen molar-refractivity contribution in [1.82, 2.24) is 0 Å². The van der Waals surface area contributed by atoms with E-state index in [4.69, 9.17) is 18.9 Å². The molecule has 6 nitrogen and oxygen atoms in total. The first-order valence-corrected chi connectivity index (χ1v) is 7.79. The highest BCUT2D eigenvalue weighted by Gasteiger charge is 2.30. The molecular weight excluding hydrogens is 288 g/mol. The highest BCUT2D eigenvalue weighted by molar-refractivity contribution is 5.66. The molecule has 0 saturated carbocycles. The zero-order chi connectivity index (χ0) is 16.4. The second kappa shape index (κ2) is 10.3. The van der Waals surface area contributed by atoms with E-state index in [1.54, 1.807) is 12.2 Å². The Morgan fingerprint density at radius 1 is 1.09 bits per heavy atom. The monoisotopic (exact) mass is 314 g/mol. The molecular formula is C16H26O6. The standard InChI is InChI=1S/C16H26O6/c1-4-5-6-7-10-19-16-9-8-14(21-13(3)18)15(22-16)11-20-12(2)17/h8-9,14-16H,4-7,10-11H2,1-3H3/t14-,15+,16-/m0/s1. The first-order chi connectivity index (χ1) is 10.5. The summed E-state index contributed by atoms with van der Waals surface area (Å²) >= 11 is 0. The fourth-order valence-corrected chi connectivity index (χ4v) is 2.08. The van der Waals surface area contributed by atoms with Gasteiger partial charge in [-0.1, -0.05) is 26.2 Å². The van der Waals surface area contributed by atoms with E-state index in [0.717, 1.165) is 12.8 Å². The van der Waals surface area contributed by atoms with Gasteiger partial charge in [0.15, 0.2) is 6.29 Å². The van der Waals surface area contributed by atoms with Gasteiger partial charge in [-0.2, -0.15) is 0 Å². The van der Waals surface area contributed by atoms with Gasteiger partial charge in [-0.05, 0) is 18.6 Å². The van der Waals surface area contributed by atoms with Crippen molar-refractivity contribution in [3.63, 3.8) is 0 Å². The first-order valence-electron chi connectivity index (χ1n) is 7.79. The molecule has 0 saturated heterocycles. The number of esters is 2. The maximum atomic E-state index is 11.1. The molecule has 0 spiro atoms. The molecule has 22 heavy (non-hydrogen) atoms. The molecule has 0 aromatic heterocycles. The Morgan fingerprint density at radius 2 is 1.86 bits per heavy atom. The number of hydrogen-bond donors (Lipinski definition) is 0. The molecule has 6 heteroatoms. The fraction of sp³-hybridized carbons (Fsp3) is 0.750. The number of rotatable bonds is 9. The molecule has 0 fully saturated rings. The maximum Gasteiger partial charge on any atom is 0.303 e. The van der Waals surface area contributed by atoms with Crippen molar-refractivity contribution in [2.24, 2.45) is 0 Å². The quantitative estimate of drug-likeness (QED) is 0.370. The van der Waals surface area contributed by atoms with Crippen LogP contribution >= 0.6 is 0 Å². The van der Waals surface area contributed by atoms with E-state index in [2.05, 4.69) is 6.92 Å². The minimum absolute atomic E-state index is 0.0211. The Hall–Kier alpha value is -1.40. The van der Waals surface area contributed by atoms with Crippen LogP contribution in [0.3, 0.4) is 0 Å². The van der Waals surface area contributed by atoms with Crippen LogP contribution in [0.4, 0.5) is 0 Å². The van der Waals surface area contributed by atoms with E-state index < -0.39 is 30.4 Å². The van der Waals surface area contributed by atoms with Crippen LogP contribution in [0.15, 0.2) is 12.2 Å².